The summed E-state index contributed by atoms with van der Waals surface area (Å²) in [5.41, 5.74) is 3.23. The molecule has 8 nitrogen and oxygen atoms in total. The molecule has 0 saturated carbocycles. The first-order valence-corrected chi connectivity index (χ1v) is 11.0. The predicted molar refractivity (Wildman–Crippen MR) is 123 cm³/mol. The Morgan fingerprint density at radius 3 is 2.06 bits per heavy atom. The molecule has 2 amide bonds. The van der Waals surface area contributed by atoms with Crippen LogP contribution in [0.25, 0.3) is 11.1 Å². The molecule has 1 aliphatic rings. The van der Waals surface area contributed by atoms with Gasteiger partial charge in [0.15, 0.2) is 6.04 Å². The summed E-state index contributed by atoms with van der Waals surface area (Å²) >= 11 is 0. The molecule has 3 N–H and O–H groups in total. The molecule has 0 aliphatic heterocycles. The van der Waals surface area contributed by atoms with Crippen molar-refractivity contribution in [2.24, 2.45) is 0 Å². The van der Waals surface area contributed by atoms with Crippen LogP contribution in [0.3, 0.4) is 0 Å². The number of aliphatic carboxylic acids is 1. The maximum atomic E-state index is 14.3. The van der Waals surface area contributed by atoms with Crippen molar-refractivity contribution < 1.29 is 37.7 Å². The summed E-state index contributed by atoms with van der Waals surface area (Å²) in [6.07, 6.45) is -1.12. The first-order chi connectivity index (χ1) is 16.4. The molecule has 0 bridgehead atoms. The Morgan fingerprint density at radius 1 is 1.00 bits per heavy atom. The molecule has 188 valence electrons. The molecule has 0 fully saturated rings. The van der Waals surface area contributed by atoms with Crippen molar-refractivity contribution in [3.05, 3.63) is 59.7 Å². The number of alkyl halides is 2. The van der Waals surface area contributed by atoms with Crippen molar-refractivity contribution in [3.8, 4) is 11.1 Å². The van der Waals surface area contributed by atoms with E-state index in [2.05, 4.69) is 0 Å². The number of halogens is 2. The zero-order valence-corrected chi connectivity index (χ0v) is 19.6. The van der Waals surface area contributed by atoms with Gasteiger partial charge in [0.05, 0.1) is 18.8 Å². The largest absolute Gasteiger partial charge is 0.480 e. The van der Waals surface area contributed by atoms with Crippen LogP contribution in [0.2, 0.25) is 0 Å². The Hall–Kier alpha value is -3.53. The van der Waals surface area contributed by atoms with Gasteiger partial charge in [-0.2, -0.15) is 8.78 Å². The van der Waals surface area contributed by atoms with Crippen molar-refractivity contribution in [1.29, 1.82) is 0 Å². The van der Waals surface area contributed by atoms with Crippen LogP contribution < -0.4 is 10.6 Å². The van der Waals surface area contributed by atoms with Gasteiger partial charge in [-0.15, -0.1) is 0 Å². The summed E-state index contributed by atoms with van der Waals surface area (Å²) in [5, 5.41) is 12.8. The van der Waals surface area contributed by atoms with Gasteiger partial charge in [0.1, 0.15) is 6.61 Å². The highest BCUT2D eigenvalue weighted by molar-refractivity contribution is 5.88. The second kappa shape index (κ2) is 10.4. The third-order valence-electron chi connectivity index (χ3n) is 5.42. The number of carbonyl (C=O) groups excluding carboxylic acids is 2. The molecule has 1 atom stereocenters. The first kappa shape index (κ1) is 26.1. The van der Waals surface area contributed by atoms with Crippen molar-refractivity contribution >= 4 is 18.0 Å². The number of hydrogen-bond donors (Lipinski definition) is 3. The Morgan fingerprint density at radius 2 is 1.54 bits per heavy atom. The van der Waals surface area contributed by atoms with Gasteiger partial charge in [-0.3, -0.25) is 4.79 Å². The zero-order chi connectivity index (χ0) is 25.8. The van der Waals surface area contributed by atoms with Gasteiger partial charge in [0.2, 0.25) is 0 Å². The minimum Gasteiger partial charge on any atom is -0.480 e. The molecule has 1 aliphatic carbocycles. The number of carboxylic acid groups (broad SMARTS) is 1. The number of alkyl carbamates (subject to hydrolysis) is 1. The smallest absolute Gasteiger partial charge is 0.407 e. The van der Waals surface area contributed by atoms with Crippen LogP contribution in [0, 0.1) is 0 Å². The summed E-state index contributed by atoms with van der Waals surface area (Å²) in [6.45, 7) is 3.02. The standard InChI is InChI=1S/C25H28F2N2O6/c1-24(2,3)35-13-20(21(30)31)29-22(32)25(26,27)14-28-23(33)34-12-19-17-10-6-4-8-15(17)16-9-5-7-11-18(16)19/h4-11,19-20H,12-14H2,1-3H3,(H,28,33)(H,29,32)(H,30,31)/t20-/m0/s1. The lowest BCUT2D eigenvalue weighted by molar-refractivity contribution is -0.153. The number of benzene rings is 2. The fourth-order valence-corrected chi connectivity index (χ4v) is 3.68. The highest BCUT2D eigenvalue weighted by Crippen LogP contribution is 2.44. The van der Waals surface area contributed by atoms with Crippen molar-refractivity contribution in [2.45, 2.75) is 44.3 Å². The molecule has 0 heterocycles. The Labute approximate surface area is 201 Å². The molecular formula is C25H28F2N2O6. The molecule has 0 saturated heterocycles. The van der Waals surface area contributed by atoms with Crippen LogP contribution in [0.15, 0.2) is 48.5 Å². The van der Waals surface area contributed by atoms with E-state index >= 15 is 0 Å². The van der Waals surface area contributed by atoms with Gasteiger partial charge in [0.25, 0.3) is 5.91 Å². The quantitative estimate of drug-likeness (QED) is 0.496. The predicted octanol–water partition coefficient (Wildman–Crippen LogP) is 3.54. The third kappa shape index (κ3) is 6.54. The van der Waals surface area contributed by atoms with Crippen LogP contribution in [-0.2, 0) is 19.1 Å². The Kier molecular flexibility index (Phi) is 7.74. The van der Waals surface area contributed by atoms with Crippen molar-refractivity contribution in [2.75, 3.05) is 19.8 Å². The molecule has 10 heteroatoms. The highest BCUT2D eigenvalue weighted by Gasteiger charge is 2.41. The third-order valence-corrected chi connectivity index (χ3v) is 5.42. The van der Waals surface area contributed by atoms with Crippen molar-refractivity contribution in [3.63, 3.8) is 0 Å². The van der Waals surface area contributed by atoms with Crippen LogP contribution in [-0.4, -0.2) is 60.4 Å². The van der Waals surface area contributed by atoms with E-state index in [-0.39, 0.29) is 12.5 Å². The minimum atomic E-state index is -4.07. The van der Waals surface area contributed by atoms with Gasteiger partial charge in [-0.05, 0) is 43.0 Å². The lowest BCUT2D eigenvalue weighted by Gasteiger charge is -2.24. The van der Waals surface area contributed by atoms with E-state index in [1.54, 1.807) is 26.1 Å². The molecule has 0 spiro atoms. The maximum absolute atomic E-state index is 14.3. The van der Waals surface area contributed by atoms with E-state index in [1.807, 2.05) is 53.8 Å². The Bertz CT molecular complexity index is 1050. The number of nitrogens with one attached hydrogen (secondary N) is 2. The summed E-state index contributed by atoms with van der Waals surface area (Å²) in [7, 11) is 0. The number of carbonyl (C=O) groups is 3. The number of ether oxygens (including phenoxy) is 2. The SMILES string of the molecule is CC(C)(C)OC[C@H](NC(=O)C(F)(F)CNC(=O)OCC1c2ccccc2-c2ccccc21)C(=O)O. The maximum Gasteiger partial charge on any atom is 0.407 e. The molecule has 0 unspecified atom stereocenters. The molecule has 35 heavy (non-hydrogen) atoms. The second-order valence-corrected chi connectivity index (χ2v) is 9.17. The molecule has 0 radical (unpaired) electrons. The van der Waals surface area contributed by atoms with Gasteiger partial charge in [-0.1, -0.05) is 48.5 Å². The van der Waals surface area contributed by atoms with E-state index in [0.29, 0.717) is 0 Å². The van der Waals surface area contributed by atoms with E-state index in [1.165, 1.54) is 0 Å². The van der Waals surface area contributed by atoms with E-state index in [4.69, 9.17) is 9.47 Å². The lowest BCUT2D eigenvalue weighted by atomic mass is 9.98. The summed E-state index contributed by atoms with van der Waals surface area (Å²) in [4.78, 5) is 35.4. The van der Waals surface area contributed by atoms with Gasteiger partial charge < -0.3 is 25.2 Å². The normalized spacial score (nSPS) is 14.0. The number of fused-ring (bicyclic) bond motifs is 3. The fourth-order valence-electron chi connectivity index (χ4n) is 3.68. The molecular weight excluding hydrogens is 462 g/mol. The number of rotatable bonds is 9. The number of hydrogen-bond acceptors (Lipinski definition) is 5. The number of amides is 2. The molecule has 0 aromatic heterocycles. The minimum absolute atomic E-state index is 0.0805. The highest BCUT2D eigenvalue weighted by atomic mass is 19.3. The second-order valence-electron chi connectivity index (χ2n) is 9.17. The molecule has 2 aromatic carbocycles. The van der Waals surface area contributed by atoms with Crippen molar-refractivity contribution in [1.82, 2.24) is 10.6 Å². The fraction of sp³-hybridized carbons (Fsp3) is 0.400. The van der Waals surface area contributed by atoms with Gasteiger partial charge >= 0.3 is 18.0 Å². The number of carboxylic acids is 1. The van der Waals surface area contributed by atoms with Crippen LogP contribution in [0.1, 0.15) is 37.8 Å². The summed E-state index contributed by atoms with van der Waals surface area (Å²) in [5.74, 6) is -7.69. The lowest BCUT2D eigenvalue weighted by Crippen LogP contribution is -2.54. The average Bonchev–Trinajstić information content (AvgIpc) is 3.12. The summed E-state index contributed by atoms with van der Waals surface area (Å²) in [6, 6.07) is 13.6. The topological polar surface area (TPSA) is 114 Å². The van der Waals surface area contributed by atoms with Gasteiger partial charge in [0, 0.05) is 5.92 Å². The van der Waals surface area contributed by atoms with Crippen LogP contribution >= 0.6 is 0 Å². The van der Waals surface area contributed by atoms with Crippen LogP contribution in [0.5, 0.6) is 0 Å². The zero-order valence-electron chi connectivity index (χ0n) is 19.6. The van der Waals surface area contributed by atoms with E-state index in [9.17, 15) is 28.3 Å². The monoisotopic (exact) mass is 490 g/mol. The van der Waals surface area contributed by atoms with Gasteiger partial charge in [-0.25, -0.2) is 9.59 Å². The van der Waals surface area contributed by atoms with E-state index < -0.39 is 48.7 Å². The average molecular weight is 491 g/mol. The Balaban J connectivity index is 1.54. The first-order valence-electron chi connectivity index (χ1n) is 11.0. The van der Waals surface area contributed by atoms with E-state index in [0.717, 1.165) is 22.3 Å². The summed E-state index contributed by atoms with van der Waals surface area (Å²) < 4.78 is 39.0. The van der Waals surface area contributed by atoms with Crippen LogP contribution in [0.4, 0.5) is 13.6 Å². The molecule has 3 rings (SSSR count). The molecule has 2 aromatic rings.